The molecule has 0 bridgehead atoms. The molecule has 1 atom stereocenters. The number of nitrogens with two attached hydrogens (primary N) is 1. The molecule has 1 unspecified atom stereocenters. The zero-order valence-electron chi connectivity index (χ0n) is 9.53. The molecule has 0 saturated heterocycles. The Morgan fingerprint density at radius 1 is 1.32 bits per heavy atom. The van der Waals surface area contributed by atoms with Crippen LogP contribution < -0.4 is 10.5 Å². The van der Waals surface area contributed by atoms with Crippen molar-refractivity contribution in [3.63, 3.8) is 0 Å². The Labute approximate surface area is 104 Å². The van der Waals surface area contributed by atoms with Gasteiger partial charge in [-0.15, -0.1) is 0 Å². The summed E-state index contributed by atoms with van der Waals surface area (Å²) >= 11 is 0. The molecular weight excluding hydrogens is 267 g/mol. The van der Waals surface area contributed by atoms with E-state index in [0.29, 0.717) is 0 Å². The third kappa shape index (κ3) is 3.05. The number of hydrogen-bond acceptors (Lipinski definition) is 7. The van der Waals surface area contributed by atoms with Crippen molar-refractivity contribution in [2.75, 3.05) is 5.73 Å². The maximum Gasteiger partial charge on any atom is 0.425 e. The number of anilines is 1. The minimum absolute atomic E-state index is 0.0885. The number of hydrogen-bond donors (Lipinski definition) is 1. The predicted octanol–water partition coefficient (Wildman–Crippen LogP) is 0.364. The van der Waals surface area contributed by atoms with Gasteiger partial charge < -0.3 is 10.5 Å². The average Bonchev–Trinajstić information content (AvgIpc) is 2.80. The van der Waals surface area contributed by atoms with Crippen LogP contribution in [-0.4, -0.2) is 42.0 Å². The SMILES string of the molecule is CC(Oc1nc(N)nc(-n2cncn2)n1)C(F)(F)F. The van der Waals surface area contributed by atoms with Crippen molar-refractivity contribution < 1.29 is 17.9 Å². The first-order valence-corrected chi connectivity index (χ1v) is 4.96. The normalized spacial score (nSPS) is 13.3. The van der Waals surface area contributed by atoms with Gasteiger partial charge in [0.25, 0.3) is 5.95 Å². The first-order chi connectivity index (χ1) is 8.86. The second-order valence-electron chi connectivity index (χ2n) is 3.42. The standard InChI is InChI=1S/C8H8F3N7O/c1-4(8(9,10)11)19-7-16-5(12)15-6(17-7)18-3-13-2-14-18/h2-4H,1H3,(H2,12,15,16,17). The quantitative estimate of drug-likeness (QED) is 0.862. The van der Waals surface area contributed by atoms with Gasteiger partial charge in [0, 0.05) is 0 Å². The maximum atomic E-state index is 12.4. The van der Waals surface area contributed by atoms with Crippen LogP contribution in [0, 0.1) is 0 Å². The number of nitrogen functional groups attached to an aromatic ring is 1. The van der Waals surface area contributed by atoms with Crippen molar-refractivity contribution in [3.05, 3.63) is 12.7 Å². The molecule has 2 N–H and O–H groups in total. The zero-order valence-corrected chi connectivity index (χ0v) is 9.53. The molecule has 0 aliphatic rings. The maximum absolute atomic E-state index is 12.4. The zero-order chi connectivity index (χ0) is 14.0. The molecule has 0 radical (unpaired) electrons. The van der Waals surface area contributed by atoms with E-state index >= 15 is 0 Å². The molecule has 0 saturated carbocycles. The summed E-state index contributed by atoms with van der Waals surface area (Å²) < 4.78 is 42.7. The lowest BCUT2D eigenvalue weighted by molar-refractivity contribution is -0.190. The fraction of sp³-hybridized carbons (Fsp3) is 0.375. The molecule has 0 aliphatic carbocycles. The van der Waals surface area contributed by atoms with Crippen LogP contribution >= 0.6 is 0 Å². The fourth-order valence-electron chi connectivity index (χ4n) is 1.05. The Hall–Kier alpha value is -2.46. The van der Waals surface area contributed by atoms with Crippen LogP contribution in [0.3, 0.4) is 0 Å². The molecular formula is C8H8F3N7O. The Morgan fingerprint density at radius 3 is 2.63 bits per heavy atom. The van der Waals surface area contributed by atoms with E-state index in [1.807, 2.05) is 0 Å². The van der Waals surface area contributed by atoms with E-state index in [-0.39, 0.29) is 11.9 Å². The highest BCUT2D eigenvalue weighted by Crippen LogP contribution is 2.23. The monoisotopic (exact) mass is 275 g/mol. The lowest BCUT2D eigenvalue weighted by Gasteiger charge is -2.16. The van der Waals surface area contributed by atoms with Crippen LogP contribution in [0.5, 0.6) is 6.01 Å². The number of ether oxygens (including phenoxy) is 1. The second-order valence-corrected chi connectivity index (χ2v) is 3.42. The largest absolute Gasteiger partial charge is 0.451 e. The van der Waals surface area contributed by atoms with Gasteiger partial charge in [-0.25, -0.2) is 4.98 Å². The van der Waals surface area contributed by atoms with Gasteiger partial charge in [0.15, 0.2) is 6.10 Å². The summed E-state index contributed by atoms with van der Waals surface area (Å²) in [4.78, 5) is 14.5. The smallest absolute Gasteiger partial charge is 0.425 e. The van der Waals surface area contributed by atoms with Crippen molar-refractivity contribution in [2.45, 2.75) is 19.2 Å². The van der Waals surface area contributed by atoms with Crippen LogP contribution in [0.25, 0.3) is 5.95 Å². The topological polar surface area (TPSA) is 105 Å². The highest BCUT2D eigenvalue weighted by atomic mass is 19.4. The molecule has 102 valence electrons. The number of rotatable bonds is 3. The number of aromatic nitrogens is 6. The van der Waals surface area contributed by atoms with Gasteiger partial charge >= 0.3 is 12.2 Å². The molecule has 0 fully saturated rings. The summed E-state index contributed by atoms with van der Waals surface area (Å²) in [6.07, 6.45) is -4.14. The molecule has 0 aliphatic heterocycles. The van der Waals surface area contributed by atoms with Crippen molar-refractivity contribution in [1.82, 2.24) is 29.7 Å². The van der Waals surface area contributed by atoms with Crippen LogP contribution in [0.15, 0.2) is 12.7 Å². The van der Waals surface area contributed by atoms with Crippen LogP contribution in [0.2, 0.25) is 0 Å². The number of alkyl halides is 3. The van der Waals surface area contributed by atoms with Gasteiger partial charge in [-0.05, 0) is 6.92 Å². The lowest BCUT2D eigenvalue weighted by atomic mass is 10.4. The van der Waals surface area contributed by atoms with E-state index in [1.165, 1.54) is 12.7 Å². The minimum Gasteiger partial charge on any atom is -0.451 e. The van der Waals surface area contributed by atoms with Gasteiger partial charge in [0.2, 0.25) is 5.95 Å². The third-order valence-electron chi connectivity index (χ3n) is 1.99. The summed E-state index contributed by atoms with van der Waals surface area (Å²) in [5, 5.41) is 3.72. The Balaban J connectivity index is 2.28. The first-order valence-electron chi connectivity index (χ1n) is 4.96. The van der Waals surface area contributed by atoms with Gasteiger partial charge in [-0.3, -0.25) is 0 Å². The van der Waals surface area contributed by atoms with Gasteiger partial charge in [-0.2, -0.15) is 37.9 Å². The lowest BCUT2D eigenvalue weighted by Crippen LogP contribution is -2.32. The Morgan fingerprint density at radius 2 is 2.05 bits per heavy atom. The van der Waals surface area contributed by atoms with Crippen LogP contribution in [-0.2, 0) is 0 Å². The minimum atomic E-state index is -4.53. The van der Waals surface area contributed by atoms with Crippen molar-refractivity contribution >= 4 is 5.95 Å². The molecule has 2 aromatic heterocycles. The molecule has 11 heteroatoms. The fourth-order valence-corrected chi connectivity index (χ4v) is 1.05. The van der Waals surface area contributed by atoms with E-state index in [4.69, 9.17) is 5.73 Å². The number of halogens is 3. The Kier molecular flexibility index (Phi) is 3.19. The summed E-state index contributed by atoms with van der Waals surface area (Å²) in [6.45, 7) is 0.828. The summed E-state index contributed by atoms with van der Waals surface area (Å²) in [5.74, 6) is -0.376. The summed E-state index contributed by atoms with van der Waals surface area (Å²) in [5.41, 5.74) is 5.37. The molecule has 8 nitrogen and oxygen atoms in total. The highest BCUT2D eigenvalue weighted by Gasteiger charge is 2.38. The van der Waals surface area contributed by atoms with E-state index < -0.39 is 18.3 Å². The average molecular weight is 275 g/mol. The first kappa shape index (κ1) is 13.0. The van der Waals surface area contributed by atoms with Crippen LogP contribution in [0.1, 0.15) is 6.92 Å². The van der Waals surface area contributed by atoms with Gasteiger partial charge in [-0.1, -0.05) is 0 Å². The van der Waals surface area contributed by atoms with Crippen molar-refractivity contribution in [2.24, 2.45) is 0 Å². The predicted molar refractivity (Wildman–Crippen MR) is 55.3 cm³/mol. The van der Waals surface area contributed by atoms with Crippen molar-refractivity contribution in [1.29, 1.82) is 0 Å². The highest BCUT2D eigenvalue weighted by molar-refractivity contribution is 5.24. The van der Waals surface area contributed by atoms with Gasteiger partial charge in [0.1, 0.15) is 12.7 Å². The number of nitrogens with zero attached hydrogens (tertiary/aromatic N) is 6. The summed E-state index contributed by atoms with van der Waals surface area (Å²) in [6, 6.07) is -0.539. The molecule has 2 rings (SSSR count). The van der Waals surface area contributed by atoms with E-state index in [2.05, 4.69) is 29.8 Å². The molecule has 2 heterocycles. The molecule has 0 amide bonds. The van der Waals surface area contributed by atoms with Crippen LogP contribution in [0.4, 0.5) is 19.1 Å². The van der Waals surface area contributed by atoms with Gasteiger partial charge in [0.05, 0.1) is 0 Å². The molecule has 0 spiro atoms. The molecule has 19 heavy (non-hydrogen) atoms. The third-order valence-corrected chi connectivity index (χ3v) is 1.99. The second kappa shape index (κ2) is 4.66. The molecule has 0 aromatic carbocycles. The van der Waals surface area contributed by atoms with E-state index in [9.17, 15) is 13.2 Å². The summed E-state index contributed by atoms with van der Waals surface area (Å²) in [7, 11) is 0. The van der Waals surface area contributed by atoms with E-state index in [1.54, 1.807) is 0 Å². The Bertz CT molecular complexity index is 556. The molecule has 2 aromatic rings. The van der Waals surface area contributed by atoms with E-state index in [0.717, 1.165) is 11.6 Å². The van der Waals surface area contributed by atoms with Crippen molar-refractivity contribution in [3.8, 4) is 12.0 Å².